The van der Waals surface area contributed by atoms with Gasteiger partial charge in [0.05, 0.1) is 6.54 Å². The van der Waals surface area contributed by atoms with Crippen LogP contribution in [0.4, 0.5) is 18.9 Å². The summed E-state index contributed by atoms with van der Waals surface area (Å²) >= 11 is 0. The SMILES string of the molecule is CC(=O)c1ccc(NC(=O)CCN(CCCO)CC(F)(F)F)cc1. The quantitative estimate of drug-likeness (QED) is 0.674. The lowest BCUT2D eigenvalue weighted by molar-refractivity contribution is -0.147. The molecule has 0 aliphatic carbocycles. The third kappa shape index (κ3) is 8.07. The Balaban J connectivity index is 2.50. The number of carbonyl (C=O) groups is 2. The highest BCUT2D eigenvalue weighted by Crippen LogP contribution is 2.17. The average molecular weight is 346 g/mol. The van der Waals surface area contributed by atoms with Crippen molar-refractivity contribution in [1.82, 2.24) is 4.90 Å². The molecule has 0 aliphatic rings. The Hall–Kier alpha value is -1.93. The average Bonchev–Trinajstić information content (AvgIpc) is 2.49. The molecule has 5 nitrogen and oxygen atoms in total. The van der Waals surface area contributed by atoms with Crippen molar-refractivity contribution in [3.63, 3.8) is 0 Å². The number of aliphatic hydroxyl groups is 1. The first-order chi connectivity index (χ1) is 11.2. The molecular formula is C16H21F3N2O3. The Morgan fingerprint density at radius 1 is 1.17 bits per heavy atom. The molecule has 1 aromatic carbocycles. The molecule has 0 bridgehead atoms. The molecule has 0 heterocycles. The van der Waals surface area contributed by atoms with Crippen molar-refractivity contribution in [1.29, 1.82) is 0 Å². The summed E-state index contributed by atoms with van der Waals surface area (Å²) in [4.78, 5) is 24.1. The van der Waals surface area contributed by atoms with Crippen LogP contribution in [0.15, 0.2) is 24.3 Å². The van der Waals surface area contributed by atoms with Gasteiger partial charge in [0.1, 0.15) is 0 Å². The summed E-state index contributed by atoms with van der Waals surface area (Å²) in [5.74, 6) is -0.513. The smallest absolute Gasteiger partial charge is 0.396 e. The van der Waals surface area contributed by atoms with E-state index in [1.807, 2.05) is 0 Å². The third-order valence-electron chi connectivity index (χ3n) is 3.27. The number of alkyl halides is 3. The van der Waals surface area contributed by atoms with Gasteiger partial charge in [-0.25, -0.2) is 0 Å². The van der Waals surface area contributed by atoms with Gasteiger partial charge in [-0.2, -0.15) is 13.2 Å². The molecule has 0 fully saturated rings. The lowest BCUT2D eigenvalue weighted by Gasteiger charge is -2.23. The van der Waals surface area contributed by atoms with Crippen LogP contribution in [-0.4, -0.2) is 54.1 Å². The molecular weight excluding hydrogens is 325 g/mol. The predicted octanol–water partition coefficient (Wildman–Crippen LogP) is 2.46. The van der Waals surface area contributed by atoms with Crippen LogP contribution in [0.2, 0.25) is 0 Å². The van der Waals surface area contributed by atoms with Gasteiger partial charge in [-0.1, -0.05) is 0 Å². The van der Waals surface area contributed by atoms with E-state index in [4.69, 9.17) is 5.11 Å². The molecule has 134 valence electrons. The van der Waals surface area contributed by atoms with Crippen LogP contribution in [0.5, 0.6) is 0 Å². The highest BCUT2D eigenvalue weighted by atomic mass is 19.4. The molecule has 0 aromatic heterocycles. The van der Waals surface area contributed by atoms with E-state index in [0.29, 0.717) is 11.3 Å². The highest BCUT2D eigenvalue weighted by Gasteiger charge is 2.30. The summed E-state index contributed by atoms with van der Waals surface area (Å²) in [5.41, 5.74) is 0.982. The minimum Gasteiger partial charge on any atom is -0.396 e. The maximum atomic E-state index is 12.5. The number of hydrogen-bond acceptors (Lipinski definition) is 4. The zero-order chi connectivity index (χ0) is 18.2. The first kappa shape index (κ1) is 20.1. The predicted molar refractivity (Wildman–Crippen MR) is 83.9 cm³/mol. The van der Waals surface area contributed by atoms with Gasteiger partial charge >= 0.3 is 6.18 Å². The second-order valence-corrected chi connectivity index (χ2v) is 5.40. The number of rotatable bonds is 9. The van der Waals surface area contributed by atoms with Crippen molar-refractivity contribution in [2.24, 2.45) is 0 Å². The largest absolute Gasteiger partial charge is 0.401 e. The highest BCUT2D eigenvalue weighted by molar-refractivity contribution is 5.95. The Labute approximate surface area is 138 Å². The molecule has 0 radical (unpaired) electrons. The molecule has 1 rings (SSSR count). The maximum Gasteiger partial charge on any atom is 0.401 e. The number of hydrogen-bond donors (Lipinski definition) is 2. The molecule has 0 saturated carbocycles. The van der Waals surface area contributed by atoms with E-state index in [9.17, 15) is 22.8 Å². The zero-order valence-electron chi connectivity index (χ0n) is 13.4. The van der Waals surface area contributed by atoms with E-state index in [-0.39, 0.29) is 38.3 Å². The molecule has 0 spiro atoms. The first-order valence-electron chi connectivity index (χ1n) is 7.52. The lowest BCUT2D eigenvalue weighted by atomic mass is 10.1. The summed E-state index contributed by atoms with van der Waals surface area (Å²) in [6, 6.07) is 6.26. The second kappa shape index (κ2) is 9.39. The number of anilines is 1. The standard InChI is InChI=1S/C16H21F3N2O3/c1-12(23)13-3-5-14(6-4-13)20-15(24)7-9-21(8-2-10-22)11-16(17,18)19/h3-6,22H,2,7-11H2,1H3,(H,20,24). The number of ketones is 1. The number of carbonyl (C=O) groups excluding carboxylic acids is 2. The number of benzene rings is 1. The van der Waals surface area contributed by atoms with Crippen molar-refractivity contribution in [3.05, 3.63) is 29.8 Å². The Morgan fingerprint density at radius 3 is 2.29 bits per heavy atom. The number of amides is 1. The van der Waals surface area contributed by atoms with Crippen LogP contribution in [0.25, 0.3) is 0 Å². The van der Waals surface area contributed by atoms with Crippen LogP contribution in [0.3, 0.4) is 0 Å². The molecule has 0 atom stereocenters. The fraction of sp³-hybridized carbons (Fsp3) is 0.500. The van der Waals surface area contributed by atoms with Crippen molar-refractivity contribution in [2.75, 3.05) is 31.6 Å². The number of nitrogens with zero attached hydrogens (tertiary/aromatic N) is 1. The van der Waals surface area contributed by atoms with Crippen LogP contribution < -0.4 is 5.32 Å². The molecule has 0 saturated heterocycles. The molecule has 8 heteroatoms. The van der Waals surface area contributed by atoms with Crippen LogP contribution >= 0.6 is 0 Å². The molecule has 1 amide bonds. The number of Topliss-reactive ketones (excluding diaryl/α,β-unsaturated/α-hetero) is 1. The Bertz CT molecular complexity index is 544. The molecule has 2 N–H and O–H groups in total. The Morgan fingerprint density at radius 2 is 1.79 bits per heavy atom. The zero-order valence-corrected chi connectivity index (χ0v) is 13.4. The number of halogens is 3. The number of aliphatic hydroxyl groups excluding tert-OH is 1. The van der Waals surface area contributed by atoms with E-state index in [2.05, 4.69) is 5.32 Å². The second-order valence-electron chi connectivity index (χ2n) is 5.40. The van der Waals surface area contributed by atoms with Gasteiger partial charge in [-0.15, -0.1) is 0 Å². The van der Waals surface area contributed by atoms with E-state index in [1.54, 1.807) is 24.3 Å². The van der Waals surface area contributed by atoms with Crippen molar-refractivity contribution in [3.8, 4) is 0 Å². The summed E-state index contributed by atoms with van der Waals surface area (Å²) in [7, 11) is 0. The van der Waals surface area contributed by atoms with Crippen molar-refractivity contribution >= 4 is 17.4 Å². The molecule has 24 heavy (non-hydrogen) atoms. The summed E-state index contributed by atoms with van der Waals surface area (Å²) < 4.78 is 37.4. The summed E-state index contributed by atoms with van der Waals surface area (Å²) in [6.45, 7) is 0.110. The molecule has 1 aromatic rings. The monoisotopic (exact) mass is 346 g/mol. The van der Waals surface area contributed by atoms with E-state index >= 15 is 0 Å². The molecule has 0 aliphatic heterocycles. The summed E-state index contributed by atoms with van der Waals surface area (Å²) in [6.07, 6.45) is -4.24. The Kier molecular flexibility index (Phi) is 7.87. The van der Waals surface area contributed by atoms with Crippen LogP contribution in [0, 0.1) is 0 Å². The maximum absolute atomic E-state index is 12.5. The normalized spacial score (nSPS) is 11.6. The van der Waals surface area contributed by atoms with Gasteiger partial charge < -0.3 is 10.4 Å². The minimum atomic E-state index is -4.35. The van der Waals surface area contributed by atoms with E-state index in [1.165, 1.54) is 6.92 Å². The fourth-order valence-electron chi connectivity index (χ4n) is 2.09. The van der Waals surface area contributed by atoms with Gasteiger partial charge in [0.15, 0.2) is 5.78 Å². The van der Waals surface area contributed by atoms with Gasteiger partial charge in [0.2, 0.25) is 5.91 Å². The third-order valence-corrected chi connectivity index (χ3v) is 3.27. The minimum absolute atomic E-state index is 0.0587. The van der Waals surface area contributed by atoms with Gasteiger partial charge in [0.25, 0.3) is 0 Å². The van der Waals surface area contributed by atoms with Gasteiger partial charge in [0, 0.05) is 37.4 Å². The van der Waals surface area contributed by atoms with Gasteiger partial charge in [-0.05, 0) is 37.6 Å². The van der Waals surface area contributed by atoms with Gasteiger partial charge in [-0.3, -0.25) is 14.5 Å². The number of nitrogens with one attached hydrogen (secondary N) is 1. The van der Waals surface area contributed by atoms with Crippen LogP contribution in [0.1, 0.15) is 30.1 Å². The fourth-order valence-corrected chi connectivity index (χ4v) is 2.09. The lowest BCUT2D eigenvalue weighted by Crippen LogP contribution is -2.37. The van der Waals surface area contributed by atoms with E-state index < -0.39 is 18.6 Å². The van der Waals surface area contributed by atoms with Crippen molar-refractivity contribution < 1.29 is 27.9 Å². The first-order valence-corrected chi connectivity index (χ1v) is 7.52. The molecule has 0 unspecified atom stereocenters. The van der Waals surface area contributed by atoms with Crippen molar-refractivity contribution in [2.45, 2.75) is 25.9 Å². The van der Waals surface area contributed by atoms with E-state index in [0.717, 1.165) is 4.90 Å². The van der Waals surface area contributed by atoms with Crippen LogP contribution in [-0.2, 0) is 4.79 Å². The summed E-state index contributed by atoms with van der Waals surface area (Å²) in [5, 5.41) is 11.3. The topological polar surface area (TPSA) is 69.6 Å².